The smallest absolute Gasteiger partial charge is 0.136 e. The van der Waals surface area contributed by atoms with Gasteiger partial charge in [0.2, 0.25) is 0 Å². The molecule has 15 rings (SSSR count). The molecule has 13 aromatic rings. The van der Waals surface area contributed by atoms with Crippen LogP contribution in [0.3, 0.4) is 0 Å². The lowest BCUT2D eigenvalue weighted by atomic mass is 9.70. The minimum absolute atomic E-state index is 0.482. The number of rotatable bonds is 6. The van der Waals surface area contributed by atoms with Gasteiger partial charge in [0.1, 0.15) is 11.2 Å². The zero-order valence-electron chi connectivity index (χ0n) is 38.7. The van der Waals surface area contributed by atoms with Gasteiger partial charge in [-0.2, -0.15) is 0 Å². The molecule has 1 aromatic heterocycles. The van der Waals surface area contributed by atoms with Gasteiger partial charge in [-0.15, -0.1) is 0 Å². The van der Waals surface area contributed by atoms with Gasteiger partial charge in [0.15, 0.2) is 0 Å². The van der Waals surface area contributed by atoms with Crippen molar-refractivity contribution in [2.45, 2.75) is 5.41 Å². The van der Waals surface area contributed by atoms with Crippen molar-refractivity contribution in [1.29, 1.82) is 0 Å². The Morgan fingerprint density at radius 1 is 0.282 bits per heavy atom. The van der Waals surface area contributed by atoms with Crippen LogP contribution < -0.4 is 4.90 Å². The van der Waals surface area contributed by atoms with Crippen LogP contribution in [0.2, 0.25) is 0 Å². The largest absolute Gasteiger partial charge is 0.456 e. The van der Waals surface area contributed by atoms with E-state index in [9.17, 15) is 0 Å². The summed E-state index contributed by atoms with van der Waals surface area (Å²) in [7, 11) is 0. The first-order valence-corrected chi connectivity index (χ1v) is 24.6. The first-order chi connectivity index (χ1) is 35.2. The molecule has 0 unspecified atom stereocenters. The third-order valence-electron chi connectivity index (χ3n) is 15.4. The van der Waals surface area contributed by atoms with Crippen LogP contribution in [0.5, 0.6) is 0 Å². The summed E-state index contributed by atoms with van der Waals surface area (Å²) in [6, 6.07) is 96.2. The molecule has 1 heterocycles. The fourth-order valence-electron chi connectivity index (χ4n) is 12.3. The molecule has 2 nitrogen and oxygen atoms in total. The lowest BCUT2D eigenvalue weighted by molar-refractivity contribution is 0.669. The topological polar surface area (TPSA) is 16.4 Å². The van der Waals surface area contributed by atoms with Crippen molar-refractivity contribution in [3.8, 4) is 55.6 Å². The molecule has 12 aromatic carbocycles. The van der Waals surface area contributed by atoms with Crippen LogP contribution >= 0.6 is 0 Å². The summed E-state index contributed by atoms with van der Waals surface area (Å²) >= 11 is 0. The summed E-state index contributed by atoms with van der Waals surface area (Å²) in [5.41, 5.74) is 22.0. The Balaban J connectivity index is 0.939. The quantitative estimate of drug-likeness (QED) is 0.165. The van der Waals surface area contributed by atoms with E-state index in [4.69, 9.17) is 4.42 Å². The van der Waals surface area contributed by atoms with E-state index in [1.165, 1.54) is 82.7 Å². The first kappa shape index (κ1) is 39.7. The van der Waals surface area contributed by atoms with Crippen molar-refractivity contribution in [3.05, 3.63) is 283 Å². The number of benzene rings is 12. The molecule has 0 saturated carbocycles. The van der Waals surface area contributed by atoms with Crippen LogP contribution in [0, 0.1) is 0 Å². The average Bonchev–Trinajstić information content (AvgIpc) is 4.07. The summed E-state index contributed by atoms with van der Waals surface area (Å²) in [5, 5.41) is 7.08. The highest BCUT2D eigenvalue weighted by atomic mass is 16.3. The molecule has 0 aliphatic heterocycles. The highest BCUT2D eigenvalue weighted by Crippen LogP contribution is 2.63. The standard InChI is InChI=1S/C69H43NO/c1-2-16-46-40-51(32-31-44(46)15-1)48-20-13-19-47(39-48)45-33-35-52(36-34-45)70(65-29-12-8-24-58(65)59-25-14-30-66-68(59)60-41-49-17-3-4-18-50(49)42-67(60)71-66)53-37-38-57-56-23-7-11-28-63(56)69(64(57)43-53)61-26-9-5-21-54(61)55-22-6-10-27-62(55)69/h1-43H. The normalized spacial score (nSPS) is 12.9. The Labute approximate surface area is 412 Å². The average molecular weight is 902 g/mol. The lowest BCUT2D eigenvalue weighted by Crippen LogP contribution is -2.26. The second-order valence-electron chi connectivity index (χ2n) is 19.1. The van der Waals surface area contributed by atoms with Gasteiger partial charge < -0.3 is 9.32 Å². The molecule has 0 saturated heterocycles. The molecule has 0 radical (unpaired) electrons. The van der Waals surface area contributed by atoms with Crippen molar-refractivity contribution in [3.63, 3.8) is 0 Å². The monoisotopic (exact) mass is 901 g/mol. The lowest BCUT2D eigenvalue weighted by Gasteiger charge is -2.32. The number of fused-ring (bicyclic) bond motifs is 15. The van der Waals surface area contributed by atoms with Gasteiger partial charge in [-0.25, -0.2) is 0 Å². The number of anilines is 3. The zero-order valence-corrected chi connectivity index (χ0v) is 38.7. The first-order valence-electron chi connectivity index (χ1n) is 24.6. The fraction of sp³-hybridized carbons (Fsp3) is 0.0145. The number of furan rings is 1. The van der Waals surface area contributed by atoms with Gasteiger partial charge in [0, 0.05) is 27.7 Å². The van der Waals surface area contributed by atoms with Crippen molar-refractivity contribution < 1.29 is 4.42 Å². The second kappa shape index (κ2) is 15.4. The van der Waals surface area contributed by atoms with Crippen molar-refractivity contribution in [2.75, 3.05) is 4.90 Å². The molecule has 71 heavy (non-hydrogen) atoms. The van der Waals surface area contributed by atoms with E-state index in [0.29, 0.717) is 0 Å². The summed E-state index contributed by atoms with van der Waals surface area (Å²) in [5.74, 6) is 0. The van der Waals surface area contributed by atoms with Gasteiger partial charge in [-0.05, 0) is 155 Å². The highest BCUT2D eigenvalue weighted by Gasteiger charge is 2.51. The minimum atomic E-state index is -0.482. The SMILES string of the molecule is c1cc(-c2ccc(N(c3ccc4c(c3)C3(c5ccccc5-c5ccccc53)c3ccccc3-4)c3ccccc3-c3cccc4oc5cc6ccccc6cc5c34)cc2)cc(-c2ccc3ccccc3c2)c1. The van der Waals surface area contributed by atoms with E-state index < -0.39 is 5.41 Å². The molecule has 0 bridgehead atoms. The number of hydrogen-bond donors (Lipinski definition) is 0. The van der Waals surface area contributed by atoms with Crippen LogP contribution in [0.1, 0.15) is 22.3 Å². The molecular weight excluding hydrogens is 859 g/mol. The molecule has 0 atom stereocenters. The van der Waals surface area contributed by atoms with Gasteiger partial charge in [0.05, 0.1) is 11.1 Å². The van der Waals surface area contributed by atoms with E-state index in [0.717, 1.165) is 55.7 Å². The van der Waals surface area contributed by atoms with Crippen LogP contribution in [0.15, 0.2) is 265 Å². The van der Waals surface area contributed by atoms with Crippen LogP contribution in [-0.4, -0.2) is 0 Å². The van der Waals surface area contributed by atoms with E-state index in [1.807, 2.05) is 0 Å². The van der Waals surface area contributed by atoms with E-state index in [-0.39, 0.29) is 0 Å². The molecule has 2 heteroatoms. The molecule has 330 valence electrons. The minimum Gasteiger partial charge on any atom is -0.456 e. The van der Waals surface area contributed by atoms with E-state index >= 15 is 0 Å². The molecule has 1 spiro atoms. The van der Waals surface area contributed by atoms with Crippen LogP contribution in [-0.2, 0) is 5.41 Å². The Morgan fingerprint density at radius 3 is 1.49 bits per heavy atom. The number of hydrogen-bond acceptors (Lipinski definition) is 2. The maximum absolute atomic E-state index is 6.68. The number of para-hydroxylation sites is 1. The molecule has 2 aliphatic rings. The Morgan fingerprint density at radius 2 is 0.789 bits per heavy atom. The molecule has 0 N–H and O–H groups in total. The van der Waals surface area contributed by atoms with Crippen molar-refractivity contribution in [1.82, 2.24) is 0 Å². The summed E-state index contributed by atoms with van der Waals surface area (Å²) in [6.07, 6.45) is 0. The third-order valence-corrected chi connectivity index (χ3v) is 15.4. The number of nitrogens with zero attached hydrogens (tertiary/aromatic N) is 1. The zero-order chi connectivity index (χ0) is 46.6. The second-order valence-corrected chi connectivity index (χ2v) is 19.1. The Hall–Kier alpha value is -9.24. The maximum Gasteiger partial charge on any atom is 0.136 e. The summed E-state index contributed by atoms with van der Waals surface area (Å²) in [6.45, 7) is 0. The van der Waals surface area contributed by atoms with Gasteiger partial charge in [-0.1, -0.05) is 200 Å². The third kappa shape index (κ3) is 5.89. The Bertz CT molecular complexity index is 4240. The van der Waals surface area contributed by atoms with Crippen LogP contribution in [0.4, 0.5) is 17.1 Å². The van der Waals surface area contributed by atoms with E-state index in [1.54, 1.807) is 0 Å². The molecule has 2 aliphatic carbocycles. The van der Waals surface area contributed by atoms with E-state index in [2.05, 4.69) is 266 Å². The van der Waals surface area contributed by atoms with Crippen LogP contribution in [0.25, 0.3) is 99.1 Å². The Kier molecular flexibility index (Phi) is 8.61. The van der Waals surface area contributed by atoms with Gasteiger partial charge >= 0.3 is 0 Å². The molecular formula is C69H43NO. The molecule has 0 amide bonds. The predicted molar refractivity (Wildman–Crippen MR) is 296 cm³/mol. The summed E-state index contributed by atoms with van der Waals surface area (Å²) < 4.78 is 6.68. The van der Waals surface area contributed by atoms with Gasteiger partial charge in [0.25, 0.3) is 0 Å². The highest BCUT2D eigenvalue weighted by molar-refractivity contribution is 6.16. The van der Waals surface area contributed by atoms with Gasteiger partial charge in [-0.3, -0.25) is 0 Å². The van der Waals surface area contributed by atoms with Crippen molar-refractivity contribution in [2.24, 2.45) is 0 Å². The fourth-order valence-corrected chi connectivity index (χ4v) is 12.3. The maximum atomic E-state index is 6.68. The predicted octanol–water partition coefficient (Wildman–Crippen LogP) is 18.7. The molecule has 0 fully saturated rings. The summed E-state index contributed by atoms with van der Waals surface area (Å²) in [4.78, 5) is 2.48. The van der Waals surface area contributed by atoms with Crippen molar-refractivity contribution >= 4 is 60.5 Å².